The summed E-state index contributed by atoms with van der Waals surface area (Å²) in [6.07, 6.45) is 5.94. The molecular weight excluding hydrogens is 272 g/mol. The van der Waals surface area contributed by atoms with Gasteiger partial charge in [-0.25, -0.2) is 9.97 Å². The lowest BCUT2D eigenvalue weighted by Crippen LogP contribution is -2.43. The van der Waals surface area contributed by atoms with E-state index in [-0.39, 0.29) is 24.4 Å². The predicted octanol–water partition coefficient (Wildman–Crippen LogP) is 0.672. The summed E-state index contributed by atoms with van der Waals surface area (Å²) in [6.45, 7) is 0.183. The van der Waals surface area contributed by atoms with Gasteiger partial charge in [-0.05, 0) is 31.7 Å². The summed E-state index contributed by atoms with van der Waals surface area (Å²) < 4.78 is 0. The fourth-order valence-electron chi connectivity index (χ4n) is 2.53. The lowest BCUT2D eigenvalue weighted by Gasteiger charge is -2.27. The molecule has 0 bridgehead atoms. The van der Waals surface area contributed by atoms with Crippen LogP contribution < -0.4 is 10.2 Å². The van der Waals surface area contributed by atoms with Crippen LogP contribution >= 0.6 is 0 Å². The van der Waals surface area contributed by atoms with Gasteiger partial charge in [0, 0.05) is 25.5 Å². The van der Waals surface area contributed by atoms with Crippen molar-refractivity contribution in [2.24, 2.45) is 5.92 Å². The van der Waals surface area contributed by atoms with E-state index in [9.17, 15) is 9.59 Å². The van der Waals surface area contributed by atoms with Crippen LogP contribution in [0.25, 0.3) is 0 Å². The highest BCUT2D eigenvalue weighted by Gasteiger charge is 2.26. The molecular formula is C14H20N4O3. The first-order valence-corrected chi connectivity index (χ1v) is 7.06. The van der Waals surface area contributed by atoms with Crippen molar-refractivity contribution in [2.45, 2.75) is 31.7 Å². The van der Waals surface area contributed by atoms with E-state index in [0.717, 1.165) is 0 Å². The molecule has 0 aliphatic heterocycles. The van der Waals surface area contributed by atoms with E-state index in [0.29, 0.717) is 31.6 Å². The summed E-state index contributed by atoms with van der Waals surface area (Å²) in [5.74, 6) is -0.592. The number of carboxylic acids is 1. The topological polar surface area (TPSA) is 95.4 Å². The Kier molecular flexibility index (Phi) is 5.08. The smallest absolute Gasteiger partial charge is 0.306 e. The highest BCUT2D eigenvalue weighted by Crippen LogP contribution is 2.24. The van der Waals surface area contributed by atoms with E-state index in [4.69, 9.17) is 5.11 Å². The molecule has 21 heavy (non-hydrogen) atoms. The van der Waals surface area contributed by atoms with E-state index in [1.807, 2.05) is 0 Å². The molecule has 1 aromatic rings. The first kappa shape index (κ1) is 15.2. The van der Waals surface area contributed by atoms with Crippen molar-refractivity contribution in [3.05, 3.63) is 18.5 Å². The van der Waals surface area contributed by atoms with E-state index >= 15 is 0 Å². The molecule has 2 N–H and O–H groups in total. The Morgan fingerprint density at radius 3 is 2.48 bits per heavy atom. The minimum Gasteiger partial charge on any atom is -0.481 e. The summed E-state index contributed by atoms with van der Waals surface area (Å²) in [7, 11) is 1.76. The minimum absolute atomic E-state index is 0.0678. The maximum absolute atomic E-state index is 12.0. The second-order valence-electron chi connectivity index (χ2n) is 5.36. The summed E-state index contributed by atoms with van der Waals surface area (Å²) in [6, 6.07) is 1.79. The van der Waals surface area contributed by atoms with Crippen LogP contribution in [-0.4, -0.2) is 46.6 Å². The number of nitrogens with zero attached hydrogens (tertiary/aromatic N) is 3. The number of aromatic nitrogens is 2. The van der Waals surface area contributed by atoms with E-state index < -0.39 is 5.97 Å². The van der Waals surface area contributed by atoms with Crippen LogP contribution in [0.2, 0.25) is 0 Å². The third-order valence-electron chi connectivity index (χ3n) is 3.72. The number of nitrogens with one attached hydrogen (secondary N) is 1. The summed E-state index contributed by atoms with van der Waals surface area (Å²) in [5.41, 5.74) is 0. The van der Waals surface area contributed by atoms with Gasteiger partial charge in [-0.1, -0.05) is 0 Å². The Labute approximate surface area is 123 Å². The van der Waals surface area contributed by atoms with Crippen LogP contribution in [-0.2, 0) is 9.59 Å². The van der Waals surface area contributed by atoms with Crippen molar-refractivity contribution < 1.29 is 14.7 Å². The number of aliphatic carboxylic acids is 1. The molecule has 1 saturated carbocycles. The number of carbonyl (C=O) groups is 2. The van der Waals surface area contributed by atoms with Gasteiger partial charge in [-0.2, -0.15) is 0 Å². The molecule has 7 nitrogen and oxygen atoms in total. The molecule has 0 radical (unpaired) electrons. The first-order valence-electron chi connectivity index (χ1n) is 7.06. The normalized spacial score (nSPS) is 21.6. The monoisotopic (exact) mass is 292 g/mol. The molecule has 1 heterocycles. The Morgan fingerprint density at radius 1 is 1.29 bits per heavy atom. The Balaban J connectivity index is 1.76. The highest BCUT2D eigenvalue weighted by atomic mass is 16.4. The van der Waals surface area contributed by atoms with Crippen molar-refractivity contribution in [2.75, 3.05) is 18.5 Å². The molecule has 1 aliphatic carbocycles. The third-order valence-corrected chi connectivity index (χ3v) is 3.72. The van der Waals surface area contributed by atoms with Crippen LogP contribution in [0.4, 0.5) is 5.95 Å². The lowest BCUT2D eigenvalue weighted by molar-refractivity contribution is -0.142. The number of carboxylic acid groups (broad SMARTS) is 1. The van der Waals surface area contributed by atoms with Gasteiger partial charge in [0.15, 0.2) is 0 Å². The molecule has 7 heteroatoms. The Bertz CT molecular complexity index is 486. The number of anilines is 1. The van der Waals surface area contributed by atoms with Gasteiger partial charge in [-0.15, -0.1) is 0 Å². The largest absolute Gasteiger partial charge is 0.481 e. The summed E-state index contributed by atoms with van der Waals surface area (Å²) >= 11 is 0. The predicted molar refractivity (Wildman–Crippen MR) is 76.8 cm³/mol. The lowest BCUT2D eigenvalue weighted by atomic mass is 9.86. The van der Waals surface area contributed by atoms with E-state index in [2.05, 4.69) is 15.3 Å². The zero-order valence-electron chi connectivity index (χ0n) is 12.0. The van der Waals surface area contributed by atoms with Crippen molar-refractivity contribution in [1.29, 1.82) is 0 Å². The molecule has 1 fully saturated rings. The molecule has 0 unspecified atom stereocenters. The minimum atomic E-state index is -0.735. The SMILES string of the molecule is CN(CC(=O)NC1CCC(C(=O)O)CC1)c1ncccn1. The second kappa shape index (κ2) is 7.01. The van der Waals surface area contributed by atoms with Crippen LogP contribution in [0.15, 0.2) is 18.5 Å². The number of amides is 1. The molecule has 0 saturated heterocycles. The fourth-order valence-corrected chi connectivity index (χ4v) is 2.53. The summed E-state index contributed by atoms with van der Waals surface area (Å²) in [4.78, 5) is 32.7. The molecule has 0 atom stereocenters. The quantitative estimate of drug-likeness (QED) is 0.828. The number of likely N-dealkylation sites (N-methyl/N-ethyl adjacent to an activating group) is 1. The third kappa shape index (κ3) is 4.40. The second-order valence-corrected chi connectivity index (χ2v) is 5.36. The van der Waals surface area contributed by atoms with Crippen molar-refractivity contribution in [3.63, 3.8) is 0 Å². The van der Waals surface area contributed by atoms with Gasteiger partial charge >= 0.3 is 5.97 Å². The van der Waals surface area contributed by atoms with E-state index in [1.54, 1.807) is 30.4 Å². The van der Waals surface area contributed by atoms with Gasteiger partial charge < -0.3 is 15.3 Å². The molecule has 114 valence electrons. The first-order chi connectivity index (χ1) is 10.1. The van der Waals surface area contributed by atoms with E-state index in [1.165, 1.54) is 0 Å². The highest BCUT2D eigenvalue weighted by molar-refractivity contribution is 5.81. The standard InChI is InChI=1S/C14H20N4O3/c1-18(14-15-7-2-8-16-14)9-12(19)17-11-5-3-10(4-6-11)13(20)21/h2,7-8,10-11H,3-6,9H2,1H3,(H,17,19)(H,20,21). The maximum Gasteiger partial charge on any atom is 0.306 e. The average molecular weight is 292 g/mol. The maximum atomic E-state index is 12.0. The number of carbonyl (C=O) groups excluding carboxylic acids is 1. The van der Waals surface area contributed by atoms with Crippen LogP contribution in [0.5, 0.6) is 0 Å². The zero-order chi connectivity index (χ0) is 15.2. The van der Waals surface area contributed by atoms with Crippen molar-refractivity contribution >= 4 is 17.8 Å². The Hall–Kier alpha value is -2.18. The van der Waals surface area contributed by atoms with Crippen molar-refractivity contribution in [1.82, 2.24) is 15.3 Å². The van der Waals surface area contributed by atoms with Crippen LogP contribution in [0.3, 0.4) is 0 Å². The summed E-state index contributed by atoms with van der Waals surface area (Å²) in [5, 5.41) is 11.9. The number of hydrogen-bond acceptors (Lipinski definition) is 5. The van der Waals surface area contributed by atoms with Gasteiger partial charge in [-0.3, -0.25) is 9.59 Å². The molecule has 1 aromatic heterocycles. The van der Waals surface area contributed by atoms with Crippen molar-refractivity contribution in [3.8, 4) is 0 Å². The molecule has 2 rings (SSSR count). The average Bonchev–Trinajstić information content (AvgIpc) is 2.48. The van der Waals surface area contributed by atoms with Gasteiger partial charge in [0.25, 0.3) is 0 Å². The van der Waals surface area contributed by atoms with Crippen LogP contribution in [0.1, 0.15) is 25.7 Å². The number of hydrogen-bond donors (Lipinski definition) is 2. The van der Waals surface area contributed by atoms with Gasteiger partial charge in [0.05, 0.1) is 12.5 Å². The molecule has 1 amide bonds. The molecule has 0 aromatic carbocycles. The fraction of sp³-hybridized carbons (Fsp3) is 0.571. The molecule has 0 spiro atoms. The number of rotatable bonds is 5. The Morgan fingerprint density at radius 2 is 1.90 bits per heavy atom. The molecule has 1 aliphatic rings. The van der Waals surface area contributed by atoms with Crippen LogP contribution in [0, 0.1) is 5.92 Å². The van der Waals surface area contributed by atoms with Gasteiger partial charge in [0.2, 0.25) is 11.9 Å². The van der Waals surface area contributed by atoms with Gasteiger partial charge in [0.1, 0.15) is 0 Å². The zero-order valence-corrected chi connectivity index (χ0v) is 12.0.